The molecular formula is C29H28F6N3O3-. The summed E-state index contributed by atoms with van der Waals surface area (Å²) in [4.78, 5) is 19.7. The molecule has 1 saturated heterocycles. The monoisotopic (exact) mass is 580 g/mol. The molecule has 0 spiro atoms. The molecule has 2 aromatic carbocycles. The summed E-state index contributed by atoms with van der Waals surface area (Å²) in [6, 6.07) is 12.4. The van der Waals surface area contributed by atoms with Gasteiger partial charge in [-0.15, -0.1) is 0 Å². The number of aliphatic hydroxyl groups is 1. The van der Waals surface area contributed by atoms with Gasteiger partial charge in [0.05, 0.1) is 0 Å². The predicted octanol–water partition coefficient (Wildman–Crippen LogP) is 4.20. The van der Waals surface area contributed by atoms with Gasteiger partial charge < -0.3 is 15.0 Å². The predicted molar refractivity (Wildman–Crippen MR) is 136 cm³/mol. The van der Waals surface area contributed by atoms with E-state index in [9.17, 15) is 41.4 Å². The smallest absolute Gasteiger partial charge is 0.430 e. The molecule has 1 fully saturated rings. The van der Waals surface area contributed by atoms with Crippen molar-refractivity contribution in [2.45, 2.75) is 50.4 Å². The summed E-state index contributed by atoms with van der Waals surface area (Å²) in [5.41, 5.74) is -2.60. The molecule has 6 nitrogen and oxygen atoms in total. The number of carboxylic acids is 1. The van der Waals surface area contributed by atoms with Crippen LogP contribution in [-0.4, -0.2) is 63.9 Å². The standard InChI is InChI=1S/C29H29F6N3O3/c1-19-14-21(16-37-12-13-38(24(18-37)15-26(39)40)17-20-8-10-36-11-9-20)2-7-25(19)22-3-5-23(6-4-22)27(41,28(30,31)32)29(33,34)35/h2-11,14,24,41H,12-13,15-18H2,1H3,(H,39,40)/p-1/t24-/m0/s1. The average Bonchev–Trinajstić information content (AvgIpc) is 2.89. The molecule has 12 heteroatoms. The fourth-order valence-electron chi connectivity index (χ4n) is 5.20. The van der Waals surface area contributed by atoms with Crippen LogP contribution in [0.5, 0.6) is 0 Å². The summed E-state index contributed by atoms with van der Waals surface area (Å²) in [7, 11) is 0. The molecule has 0 bridgehead atoms. The van der Waals surface area contributed by atoms with Crippen LogP contribution in [0.1, 0.15) is 28.7 Å². The summed E-state index contributed by atoms with van der Waals surface area (Å²) in [5.74, 6) is -1.13. The highest BCUT2D eigenvalue weighted by atomic mass is 19.4. The van der Waals surface area contributed by atoms with Crippen molar-refractivity contribution < 1.29 is 41.4 Å². The maximum atomic E-state index is 13.2. The zero-order chi connectivity index (χ0) is 30.0. The maximum Gasteiger partial charge on any atom is 0.430 e. The molecule has 0 amide bonds. The number of carbonyl (C=O) groups is 1. The first-order chi connectivity index (χ1) is 19.2. The third-order valence-corrected chi connectivity index (χ3v) is 7.36. The van der Waals surface area contributed by atoms with Crippen molar-refractivity contribution in [2.24, 2.45) is 0 Å². The number of carboxylic acid groups (broad SMARTS) is 1. The number of nitrogens with zero attached hydrogens (tertiary/aromatic N) is 3. The number of rotatable bonds is 8. The molecule has 1 aliphatic heterocycles. The second kappa shape index (κ2) is 11.8. The number of aliphatic carboxylic acids is 1. The molecule has 1 aliphatic rings. The Morgan fingerprint density at radius 1 is 0.927 bits per heavy atom. The largest absolute Gasteiger partial charge is 0.550 e. The topological polar surface area (TPSA) is 79.7 Å². The van der Waals surface area contributed by atoms with Gasteiger partial charge >= 0.3 is 12.4 Å². The highest BCUT2D eigenvalue weighted by molar-refractivity contribution is 5.68. The second-order valence-electron chi connectivity index (χ2n) is 10.2. The van der Waals surface area contributed by atoms with Crippen molar-refractivity contribution in [1.82, 2.24) is 14.8 Å². The lowest BCUT2D eigenvalue weighted by molar-refractivity contribution is -0.376. The van der Waals surface area contributed by atoms with Crippen LogP contribution in [-0.2, 0) is 23.5 Å². The van der Waals surface area contributed by atoms with E-state index in [2.05, 4.69) is 14.8 Å². The summed E-state index contributed by atoms with van der Waals surface area (Å²) in [5, 5.41) is 21.1. The maximum absolute atomic E-state index is 13.2. The Kier molecular flexibility index (Phi) is 8.76. The van der Waals surface area contributed by atoms with E-state index in [0.717, 1.165) is 28.8 Å². The number of hydrogen-bond acceptors (Lipinski definition) is 6. The normalized spacial score (nSPS) is 17.5. The van der Waals surface area contributed by atoms with Gasteiger partial charge in [-0.25, -0.2) is 0 Å². The molecule has 1 N–H and O–H groups in total. The van der Waals surface area contributed by atoms with Crippen LogP contribution in [0, 0.1) is 6.92 Å². The van der Waals surface area contributed by atoms with Crippen molar-refractivity contribution in [3.63, 3.8) is 0 Å². The molecule has 41 heavy (non-hydrogen) atoms. The van der Waals surface area contributed by atoms with Gasteiger partial charge in [0.25, 0.3) is 5.60 Å². The van der Waals surface area contributed by atoms with Gasteiger partial charge in [0.1, 0.15) is 0 Å². The summed E-state index contributed by atoms with van der Waals surface area (Å²) < 4.78 is 79.2. The first-order valence-electron chi connectivity index (χ1n) is 12.8. The molecule has 2 heterocycles. The van der Waals surface area contributed by atoms with Gasteiger partial charge in [0.2, 0.25) is 0 Å². The van der Waals surface area contributed by atoms with E-state index in [4.69, 9.17) is 0 Å². The number of alkyl halides is 6. The SMILES string of the molecule is Cc1cc(CN2CCN(Cc3ccncc3)[C@@H](CC(=O)[O-])C2)ccc1-c1ccc(C(O)(C(F)(F)F)C(F)(F)F)cc1. The first-order valence-corrected chi connectivity index (χ1v) is 12.8. The lowest BCUT2D eigenvalue weighted by Crippen LogP contribution is -2.53. The zero-order valence-corrected chi connectivity index (χ0v) is 22.0. The quantitative estimate of drug-likeness (QED) is 0.403. The van der Waals surface area contributed by atoms with E-state index in [1.807, 2.05) is 24.3 Å². The van der Waals surface area contributed by atoms with Crippen LogP contribution in [0.2, 0.25) is 0 Å². The first kappa shape index (κ1) is 30.5. The summed E-state index contributed by atoms with van der Waals surface area (Å²) in [6.07, 6.45) is -8.65. The average molecular weight is 581 g/mol. The van der Waals surface area contributed by atoms with Gasteiger partial charge in [0, 0.05) is 69.1 Å². The lowest BCUT2D eigenvalue weighted by Gasteiger charge is -2.42. The lowest BCUT2D eigenvalue weighted by atomic mass is 9.90. The van der Waals surface area contributed by atoms with Gasteiger partial charge in [-0.2, -0.15) is 26.3 Å². The number of benzene rings is 2. The number of piperazine rings is 1. The Morgan fingerprint density at radius 3 is 2.12 bits per heavy atom. The molecule has 0 saturated carbocycles. The number of aryl methyl sites for hydroxylation is 1. The van der Waals surface area contributed by atoms with Crippen LogP contribution in [0.3, 0.4) is 0 Å². The Balaban J connectivity index is 1.47. The fraction of sp³-hybridized carbons (Fsp3) is 0.379. The summed E-state index contributed by atoms with van der Waals surface area (Å²) >= 11 is 0. The van der Waals surface area contributed by atoms with Crippen LogP contribution in [0.25, 0.3) is 11.1 Å². The Labute approximate surface area is 232 Å². The molecular weight excluding hydrogens is 552 g/mol. The van der Waals surface area contributed by atoms with Crippen molar-refractivity contribution in [3.05, 3.63) is 89.2 Å². The highest BCUT2D eigenvalue weighted by Gasteiger charge is 2.71. The van der Waals surface area contributed by atoms with E-state index < -0.39 is 29.5 Å². The van der Waals surface area contributed by atoms with Crippen LogP contribution in [0.4, 0.5) is 26.3 Å². The van der Waals surface area contributed by atoms with E-state index in [0.29, 0.717) is 56.0 Å². The van der Waals surface area contributed by atoms with Crippen LogP contribution < -0.4 is 5.11 Å². The van der Waals surface area contributed by atoms with Gasteiger partial charge in [-0.3, -0.25) is 14.8 Å². The molecule has 220 valence electrons. The minimum absolute atomic E-state index is 0.118. The van der Waals surface area contributed by atoms with Crippen molar-refractivity contribution in [2.75, 3.05) is 19.6 Å². The molecule has 4 rings (SSSR count). The number of hydrogen-bond donors (Lipinski definition) is 1. The fourth-order valence-corrected chi connectivity index (χ4v) is 5.20. The molecule has 1 aromatic heterocycles. The number of carbonyl (C=O) groups excluding carboxylic acids is 1. The molecule has 0 unspecified atom stereocenters. The van der Waals surface area contributed by atoms with Gasteiger partial charge in [-0.05, 0) is 46.9 Å². The molecule has 0 aliphatic carbocycles. The van der Waals surface area contributed by atoms with Crippen LogP contribution in [0.15, 0.2) is 67.0 Å². The van der Waals surface area contributed by atoms with Crippen molar-refractivity contribution in [3.8, 4) is 11.1 Å². The van der Waals surface area contributed by atoms with Crippen molar-refractivity contribution >= 4 is 5.97 Å². The molecule has 1 atom stereocenters. The third-order valence-electron chi connectivity index (χ3n) is 7.36. The number of halogens is 6. The summed E-state index contributed by atoms with van der Waals surface area (Å²) in [6.45, 7) is 4.73. The number of aromatic nitrogens is 1. The Hall–Kier alpha value is -3.48. The van der Waals surface area contributed by atoms with E-state index >= 15 is 0 Å². The minimum Gasteiger partial charge on any atom is -0.550 e. The van der Waals surface area contributed by atoms with Crippen LogP contribution >= 0.6 is 0 Å². The minimum atomic E-state index is -5.95. The van der Waals surface area contributed by atoms with Gasteiger partial charge in [0.15, 0.2) is 0 Å². The van der Waals surface area contributed by atoms with Crippen molar-refractivity contribution in [1.29, 1.82) is 0 Å². The van der Waals surface area contributed by atoms with E-state index in [1.54, 1.807) is 25.4 Å². The van der Waals surface area contributed by atoms with E-state index in [-0.39, 0.29) is 12.5 Å². The Bertz CT molecular complexity index is 1330. The van der Waals surface area contributed by atoms with E-state index in [1.165, 1.54) is 0 Å². The third kappa shape index (κ3) is 6.71. The highest BCUT2D eigenvalue weighted by Crippen LogP contribution is 2.50. The molecule has 3 aromatic rings. The number of pyridine rings is 1. The zero-order valence-electron chi connectivity index (χ0n) is 22.0. The second-order valence-corrected chi connectivity index (χ2v) is 10.2. The van der Waals surface area contributed by atoms with Gasteiger partial charge in [-0.1, -0.05) is 42.5 Å². The Morgan fingerprint density at radius 2 is 1.56 bits per heavy atom. The molecule has 0 radical (unpaired) electrons.